The molecule has 1 amide bonds. The number of hydrogen-bond acceptors (Lipinski definition) is 2. The topological polar surface area (TPSA) is 46.3 Å². The Bertz CT molecular complexity index is 285. The van der Waals surface area contributed by atoms with E-state index in [1.54, 1.807) is 13.8 Å². The molecule has 0 aliphatic heterocycles. The minimum atomic E-state index is -4.35. The van der Waals surface area contributed by atoms with Crippen molar-refractivity contribution in [3.05, 3.63) is 0 Å². The van der Waals surface area contributed by atoms with Gasteiger partial charge in [0.2, 0.25) is 5.91 Å². The molecule has 100 valence electrons. The Balaban J connectivity index is 2.72. The number of alkyl halides is 3. The molecule has 3 nitrogen and oxygen atoms in total. The van der Waals surface area contributed by atoms with Crippen molar-refractivity contribution < 1.29 is 18.0 Å². The highest BCUT2D eigenvalue weighted by molar-refractivity contribution is 5.85. The molecule has 2 N–H and O–H groups in total. The number of carbonyl (C=O) groups excluding carboxylic acids is 1. The maximum atomic E-state index is 12.4. The Morgan fingerprint density at radius 1 is 1.41 bits per heavy atom. The summed E-state index contributed by atoms with van der Waals surface area (Å²) in [5.41, 5.74) is 4.77. The van der Waals surface area contributed by atoms with Crippen molar-refractivity contribution in [3.63, 3.8) is 0 Å². The highest BCUT2D eigenvalue weighted by atomic mass is 19.4. The molecule has 0 spiro atoms. The van der Waals surface area contributed by atoms with Crippen LogP contribution in [0.2, 0.25) is 0 Å². The van der Waals surface area contributed by atoms with Crippen LogP contribution in [0, 0.1) is 11.3 Å². The van der Waals surface area contributed by atoms with E-state index < -0.39 is 24.0 Å². The molecular formula is C11H19F3N2O. The Labute approximate surface area is 99.1 Å². The van der Waals surface area contributed by atoms with Crippen molar-refractivity contribution in [1.29, 1.82) is 0 Å². The highest BCUT2D eigenvalue weighted by Crippen LogP contribution is 2.46. The van der Waals surface area contributed by atoms with Crippen molar-refractivity contribution in [3.8, 4) is 0 Å². The first-order chi connectivity index (χ1) is 7.70. The first-order valence-corrected chi connectivity index (χ1v) is 5.76. The van der Waals surface area contributed by atoms with Gasteiger partial charge in [-0.3, -0.25) is 4.79 Å². The number of carbonyl (C=O) groups is 1. The predicted molar refractivity (Wildman–Crippen MR) is 58.2 cm³/mol. The Morgan fingerprint density at radius 3 is 2.24 bits per heavy atom. The minimum absolute atomic E-state index is 0.00914. The van der Waals surface area contributed by atoms with E-state index in [0.29, 0.717) is 12.8 Å². The van der Waals surface area contributed by atoms with Crippen molar-refractivity contribution in [2.24, 2.45) is 17.1 Å². The monoisotopic (exact) mass is 252 g/mol. The maximum absolute atomic E-state index is 12.4. The molecule has 1 saturated carbocycles. The maximum Gasteiger partial charge on any atom is 0.406 e. The van der Waals surface area contributed by atoms with Gasteiger partial charge >= 0.3 is 6.18 Å². The van der Waals surface area contributed by atoms with E-state index in [-0.39, 0.29) is 19.0 Å². The number of halogens is 3. The van der Waals surface area contributed by atoms with Crippen LogP contribution < -0.4 is 5.73 Å². The largest absolute Gasteiger partial charge is 0.406 e. The lowest BCUT2D eigenvalue weighted by Crippen LogP contribution is -2.46. The second-order valence-electron chi connectivity index (χ2n) is 5.18. The van der Waals surface area contributed by atoms with Crippen LogP contribution in [0.1, 0.15) is 26.7 Å². The van der Waals surface area contributed by atoms with Crippen LogP contribution in [0.15, 0.2) is 0 Å². The molecule has 1 fully saturated rings. The smallest absolute Gasteiger partial charge is 0.333 e. The highest BCUT2D eigenvalue weighted by Gasteiger charge is 2.51. The quantitative estimate of drug-likeness (QED) is 0.810. The van der Waals surface area contributed by atoms with Crippen LogP contribution in [0.25, 0.3) is 0 Å². The standard InChI is InChI=1S/C11H19F3N2O/c1-8(2)5-16(7-11(12,13)14)9(17)10(6-15)3-4-10/h8H,3-7,15H2,1-2H3. The van der Waals surface area contributed by atoms with Gasteiger partial charge < -0.3 is 10.6 Å². The molecule has 1 aliphatic carbocycles. The lowest BCUT2D eigenvalue weighted by atomic mass is 10.0. The average Bonchev–Trinajstić information content (AvgIpc) is 2.93. The molecule has 0 aromatic heterocycles. The van der Waals surface area contributed by atoms with Gasteiger partial charge in [-0.2, -0.15) is 13.2 Å². The van der Waals surface area contributed by atoms with Crippen LogP contribution in [-0.4, -0.2) is 36.6 Å². The zero-order valence-electron chi connectivity index (χ0n) is 10.2. The first kappa shape index (κ1) is 14.3. The Hall–Kier alpha value is -0.780. The van der Waals surface area contributed by atoms with Crippen molar-refractivity contribution in [1.82, 2.24) is 4.90 Å². The normalized spacial score (nSPS) is 18.3. The fourth-order valence-corrected chi connectivity index (χ4v) is 1.87. The summed E-state index contributed by atoms with van der Waals surface area (Å²) in [7, 11) is 0. The summed E-state index contributed by atoms with van der Waals surface area (Å²) in [6.45, 7) is 2.67. The van der Waals surface area contributed by atoms with Crippen LogP contribution in [0.5, 0.6) is 0 Å². The van der Waals surface area contributed by atoms with Gasteiger partial charge in [0.1, 0.15) is 6.54 Å². The van der Waals surface area contributed by atoms with Crippen LogP contribution in [0.4, 0.5) is 13.2 Å². The van der Waals surface area contributed by atoms with E-state index in [2.05, 4.69) is 0 Å². The van der Waals surface area contributed by atoms with Crippen LogP contribution in [-0.2, 0) is 4.79 Å². The first-order valence-electron chi connectivity index (χ1n) is 5.76. The molecule has 0 saturated heterocycles. The summed E-state index contributed by atoms with van der Waals surface area (Å²) in [4.78, 5) is 12.9. The fraction of sp³-hybridized carbons (Fsp3) is 0.909. The molecule has 1 rings (SSSR count). The van der Waals surface area contributed by atoms with Gasteiger partial charge in [-0.15, -0.1) is 0 Å². The summed E-state index contributed by atoms with van der Waals surface area (Å²) in [6, 6.07) is 0. The third kappa shape index (κ3) is 3.87. The van der Waals surface area contributed by atoms with E-state index in [1.165, 1.54) is 0 Å². The van der Waals surface area contributed by atoms with Crippen LogP contribution >= 0.6 is 0 Å². The summed E-state index contributed by atoms with van der Waals surface area (Å²) < 4.78 is 37.2. The second kappa shape index (κ2) is 4.84. The number of nitrogens with zero attached hydrogens (tertiary/aromatic N) is 1. The third-order valence-corrected chi connectivity index (χ3v) is 2.94. The van der Waals surface area contributed by atoms with Gasteiger partial charge in [0.05, 0.1) is 5.41 Å². The zero-order chi connectivity index (χ0) is 13.3. The van der Waals surface area contributed by atoms with Gasteiger partial charge in [0, 0.05) is 13.1 Å². The van der Waals surface area contributed by atoms with Gasteiger partial charge in [-0.1, -0.05) is 13.8 Å². The van der Waals surface area contributed by atoms with Gasteiger partial charge in [0.15, 0.2) is 0 Å². The Morgan fingerprint density at radius 2 is 1.94 bits per heavy atom. The number of rotatable bonds is 5. The molecule has 0 heterocycles. The van der Waals surface area contributed by atoms with E-state index in [0.717, 1.165) is 4.90 Å². The van der Waals surface area contributed by atoms with Gasteiger partial charge in [0.25, 0.3) is 0 Å². The molecule has 0 bridgehead atoms. The van der Waals surface area contributed by atoms with E-state index in [1.807, 2.05) is 0 Å². The predicted octanol–water partition coefficient (Wildman–Crippen LogP) is 1.77. The number of amides is 1. The molecule has 6 heteroatoms. The summed E-state index contributed by atoms with van der Waals surface area (Å²) >= 11 is 0. The van der Waals surface area contributed by atoms with Crippen LogP contribution in [0.3, 0.4) is 0 Å². The lowest BCUT2D eigenvalue weighted by Gasteiger charge is -2.29. The summed E-state index contributed by atoms with van der Waals surface area (Å²) in [6.07, 6.45) is -3.14. The molecule has 0 radical (unpaired) electrons. The van der Waals surface area contributed by atoms with Crippen molar-refractivity contribution in [2.75, 3.05) is 19.6 Å². The molecule has 0 aromatic carbocycles. The summed E-state index contributed by atoms with van der Waals surface area (Å²) in [5.74, 6) is -0.430. The van der Waals surface area contributed by atoms with E-state index >= 15 is 0 Å². The zero-order valence-corrected chi connectivity index (χ0v) is 10.2. The van der Waals surface area contributed by atoms with E-state index in [9.17, 15) is 18.0 Å². The second-order valence-corrected chi connectivity index (χ2v) is 5.18. The average molecular weight is 252 g/mol. The van der Waals surface area contributed by atoms with Crippen molar-refractivity contribution >= 4 is 5.91 Å². The third-order valence-electron chi connectivity index (χ3n) is 2.94. The molecule has 1 aliphatic rings. The lowest BCUT2D eigenvalue weighted by molar-refractivity contribution is -0.165. The van der Waals surface area contributed by atoms with Gasteiger partial charge in [-0.05, 0) is 18.8 Å². The molecule has 0 atom stereocenters. The van der Waals surface area contributed by atoms with Gasteiger partial charge in [-0.25, -0.2) is 0 Å². The van der Waals surface area contributed by atoms with Crippen molar-refractivity contribution in [2.45, 2.75) is 32.9 Å². The minimum Gasteiger partial charge on any atom is -0.333 e. The molecule has 0 unspecified atom stereocenters. The molecule has 0 aromatic rings. The molecular weight excluding hydrogens is 233 g/mol. The molecule has 17 heavy (non-hydrogen) atoms. The number of nitrogens with two attached hydrogens (primary N) is 1. The Kier molecular flexibility index (Phi) is 4.06. The summed E-state index contributed by atoms with van der Waals surface area (Å²) in [5, 5.41) is 0. The fourth-order valence-electron chi connectivity index (χ4n) is 1.87. The number of hydrogen-bond donors (Lipinski definition) is 1. The SMILES string of the molecule is CC(C)CN(CC(F)(F)F)C(=O)C1(CN)CC1. The van der Waals surface area contributed by atoms with E-state index in [4.69, 9.17) is 5.73 Å².